The van der Waals surface area contributed by atoms with E-state index in [4.69, 9.17) is 14.7 Å². The fraction of sp³-hybridized carbons (Fsp3) is 0.833. The van der Waals surface area contributed by atoms with Gasteiger partial charge in [0.2, 0.25) is 0 Å². The molecule has 11 heavy (non-hydrogen) atoms. The van der Waals surface area contributed by atoms with Crippen molar-refractivity contribution in [3.8, 4) is 0 Å². The number of carbonyl (C=O) groups excluding carboxylic acids is 1. The molecule has 1 unspecified atom stereocenters. The van der Waals surface area contributed by atoms with Crippen molar-refractivity contribution in [2.45, 2.75) is 25.7 Å². The molecule has 5 heteroatoms. The largest absolute Gasteiger partial charge is 0.373 e. The number of rotatable bonds is 1. The third-order valence-electron chi connectivity index (χ3n) is 1.36. The van der Waals surface area contributed by atoms with Crippen LogP contribution in [0.5, 0.6) is 0 Å². The SMILES string of the molecule is CC1(C)OCC(C(=O)OO)O1. The summed E-state index contributed by atoms with van der Waals surface area (Å²) < 4.78 is 10.1. The first-order valence-corrected chi connectivity index (χ1v) is 3.22. The fourth-order valence-corrected chi connectivity index (χ4v) is 0.862. The maximum atomic E-state index is 10.6. The first-order chi connectivity index (χ1) is 5.05. The van der Waals surface area contributed by atoms with Gasteiger partial charge < -0.3 is 9.47 Å². The lowest BCUT2D eigenvalue weighted by Crippen LogP contribution is -2.27. The van der Waals surface area contributed by atoms with Crippen molar-refractivity contribution in [2.24, 2.45) is 0 Å². The van der Waals surface area contributed by atoms with Crippen molar-refractivity contribution in [3.63, 3.8) is 0 Å². The van der Waals surface area contributed by atoms with E-state index in [0.717, 1.165) is 0 Å². The number of hydrogen-bond acceptors (Lipinski definition) is 5. The van der Waals surface area contributed by atoms with Crippen molar-refractivity contribution in [1.82, 2.24) is 0 Å². The van der Waals surface area contributed by atoms with Crippen LogP contribution in [0.1, 0.15) is 13.8 Å². The van der Waals surface area contributed by atoms with Gasteiger partial charge in [0.1, 0.15) is 0 Å². The summed E-state index contributed by atoms with van der Waals surface area (Å²) in [7, 11) is 0. The van der Waals surface area contributed by atoms with Crippen molar-refractivity contribution in [1.29, 1.82) is 0 Å². The van der Waals surface area contributed by atoms with E-state index in [1.54, 1.807) is 13.8 Å². The molecule has 1 heterocycles. The van der Waals surface area contributed by atoms with E-state index in [-0.39, 0.29) is 6.61 Å². The van der Waals surface area contributed by atoms with E-state index in [2.05, 4.69) is 4.89 Å². The minimum atomic E-state index is -0.824. The molecule has 0 spiro atoms. The van der Waals surface area contributed by atoms with E-state index >= 15 is 0 Å². The van der Waals surface area contributed by atoms with Crippen LogP contribution in [-0.2, 0) is 19.2 Å². The number of ether oxygens (including phenoxy) is 2. The lowest BCUT2D eigenvalue weighted by atomic mass is 10.4. The number of carbonyl (C=O) groups is 1. The highest BCUT2D eigenvalue weighted by molar-refractivity contribution is 5.74. The van der Waals surface area contributed by atoms with Gasteiger partial charge in [0, 0.05) is 0 Å². The highest BCUT2D eigenvalue weighted by Crippen LogP contribution is 2.22. The molecule has 64 valence electrons. The molecule has 1 N–H and O–H groups in total. The summed E-state index contributed by atoms with van der Waals surface area (Å²) in [4.78, 5) is 14.1. The summed E-state index contributed by atoms with van der Waals surface area (Å²) >= 11 is 0. The average molecular weight is 162 g/mol. The van der Waals surface area contributed by atoms with E-state index in [1.165, 1.54) is 0 Å². The predicted molar refractivity (Wildman–Crippen MR) is 33.6 cm³/mol. The maximum Gasteiger partial charge on any atom is 0.373 e. The lowest BCUT2D eigenvalue weighted by Gasteiger charge is -2.15. The zero-order chi connectivity index (χ0) is 8.48. The second kappa shape index (κ2) is 2.77. The summed E-state index contributed by atoms with van der Waals surface area (Å²) in [5, 5.41) is 7.98. The van der Waals surface area contributed by atoms with Gasteiger partial charge >= 0.3 is 5.97 Å². The summed E-state index contributed by atoms with van der Waals surface area (Å²) in [5.74, 6) is -1.59. The fourth-order valence-electron chi connectivity index (χ4n) is 0.862. The van der Waals surface area contributed by atoms with Gasteiger partial charge in [0.05, 0.1) is 6.61 Å². The van der Waals surface area contributed by atoms with E-state index in [1.807, 2.05) is 0 Å². The Kier molecular flexibility index (Phi) is 2.12. The second-order valence-electron chi connectivity index (χ2n) is 2.73. The van der Waals surface area contributed by atoms with E-state index < -0.39 is 17.9 Å². The van der Waals surface area contributed by atoms with Crippen molar-refractivity contribution in [3.05, 3.63) is 0 Å². The Morgan fingerprint density at radius 2 is 2.36 bits per heavy atom. The van der Waals surface area contributed by atoms with Crippen LogP contribution in [-0.4, -0.2) is 29.7 Å². The number of hydrogen-bond donors (Lipinski definition) is 1. The third-order valence-corrected chi connectivity index (χ3v) is 1.36. The molecule has 5 nitrogen and oxygen atoms in total. The summed E-state index contributed by atoms with van der Waals surface area (Å²) in [6.45, 7) is 3.47. The first kappa shape index (κ1) is 8.45. The minimum absolute atomic E-state index is 0.117. The van der Waals surface area contributed by atoms with Gasteiger partial charge in [-0.3, -0.25) is 4.89 Å². The summed E-state index contributed by atoms with van der Waals surface area (Å²) in [6.07, 6.45) is -0.810. The smallest absolute Gasteiger partial charge is 0.347 e. The van der Waals surface area contributed by atoms with Crippen molar-refractivity contribution in [2.75, 3.05) is 6.61 Å². The monoisotopic (exact) mass is 162 g/mol. The highest BCUT2D eigenvalue weighted by Gasteiger charge is 2.38. The van der Waals surface area contributed by atoms with Crippen LogP contribution in [0, 0.1) is 0 Å². The molecule has 0 saturated carbocycles. The van der Waals surface area contributed by atoms with Crippen LogP contribution < -0.4 is 0 Å². The standard InChI is InChI=1S/C6H10O5/c1-6(2)9-3-4(10-6)5(7)11-8/h4,8H,3H2,1-2H3. The van der Waals surface area contributed by atoms with E-state index in [0.29, 0.717) is 0 Å². The van der Waals surface area contributed by atoms with Gasteiger partial charge in [-0.2, -0.15) is 5.26 Å². The van der Waals surface area contributed by atoms with Gasteiger partial charge in [0.15, 0.2) is 11.9 Å². The predicted octanol–water partition coefficient (Wildman–Crippen LogP) is 0.154. The normalized spacial score (nSPS) is 28.5. The molecular formula is C6H10O5. The molecule has 1 aliphatic rings. The first-order valence-electron chi connectivity index (χ1n) is 3.22. The Morgan fingerprint density at radius 3 is 2.73 bits per heavy atom. The van der Waals surface area contributed by atoms with Crippen LogP contribution in [0.2, 0.25) is 0 Å². The third kappa shape index (κ3) is 1.89. The molecule has 0 aromatic heterocycles. The Hall–Kier alpha value is -0.650. The summed E-state index contributed by atoms with van der Waals surface area (Å²) in [6, 6.07) is 0. The molecule has 1 aliphatic heterocycles. The molecular weight excluding hydrogens is 152 g/mol. The Bertz CT molecular complexity index is 164. The maximum absolute atomic E-state index is 10.6. The zero-order valence-corrected chi connectivity index (χ0v) is 6.36. The minimum Gasteiger partial charge on any atom is -0.347 e. The van der Waals surface area contributed by atoms with Crippen LogP contribution in [0.3, 0.4) is 0 Å². The Balaban J connectivity index is 2.48. The van der Waals surface area contributed by atoms with Crippen molar-refractivity contribution >= 4 is 5.97 Å². The Morgan fingerprint density at radius 1 is 1.73 bits per heavy atom. The molecule has 0 aromatic rings. The average Bonchev–Trinajstić information content (AvgIpc) is 2.29. The summed E-state index contributed by atoms with van der Waals surface area (Å²) in [5.41, 5.74) is 0. The van der Waals surface area contributed by atoms with Crippen LogP contribution in [0.4, 0.5) is 0 Å². The molecule has 0 aliphatic carbocycles. The van der Waals surface area contributed by atoms with Gasteiger partial charge in [-0.15, -0.1) is 0 Å². The molecule has 0 amide bonds. The van der Waals surface area contributed by atoms with Crippen LogP contribution in [0.25, 0.3) is 0 Å². The highest BCUT2D eigenvalue weighted by atomic mass is 17.1. The Labute approximate surface area is 63.8 Å². The van der Waals surface area contributed by atoms with Gasteiger partial charge in [-0.25, -0.2) is 4.79 Å². The quantitative estimate of drug-likeness (QED) is 0.439. The molecule has 0 aromatic carbocycles. The van der Waals surface area contributed by atoms with Gasteiger partial charge in [-0.05, 0) is 13.8 Å². The van der Waals surface area contributed by atoms with Crippen molar-refractivity contribution < 1.29 is 24.4 Å². The van der Waals surface area contributed by atoms with E-state index in [9.17, 15) is 4.79 Å². The van der Waals surface area contributed by atoms with Gasteiger partial charge in [0.25, 0.3) is 0 Å². The van der Waals surface area contributed by atoms with Crippen LogP contribution in [0.15, 0.2) is 0 Å². The second-order valence-corrected chi connectivity index (χ2v) is 2.73. The molecule has 1 saturated heterocycles. The van der Waals surface area contributed by atoms with Crippen LogP contribution >= 0.6 is 0 Å². The lowest BCUT2D eigenvalue weighted by molar-refractivity contribution is -0.246. The molecule has 1 atom stereocenters. The zero-order valence-electron chi connectivity index (χ0n) is 6.36. The molecule has 1 fully saturated rings. The molecule has 0 radical (unpaired) electrons. The topological polar surface area (TPSA) is 65.0 Å². The molecule has 0 bridgehead atoms. The van der Waals surface area contributed by atoms with Gasteiger partial charge in [-0.1, -0.05) is 0 Å². The molecule has 1 rings (SSSR count).